The highest BCUT2D eigenvalue weighted by Crippen LogP contribution is 2.22. The lowest BCUT2D eigenvalue weighted by Crippen LogP contribution is -2.38. The molecule has 1 N–H and O–H groups in total. The standard InChI is InChI=1S/C22H27N5O/c1-25-13-8-11-20(25)19-17-21(27(24-19)18-9-4-2-5-10-18)22(28)23-12-16-26-14-6-3-7-15-26/h2,4-5,8-11,13,17H,3,6-7,12,14-16H2,1H3,(H,23,28). The Bertz CT molecular complexity index is 922. The van der Waals surface area contributed by atoms with Crippen LogP contribution in [0.4, 0.5) is 0 Å². The largest absolute Gasteiger partial charge is 0.349 e. The molecule has 0 radical (unpaired) electrons. The third-order valence-corrected chi connectivity index (χ3v) is 5.31. The molecule has 6 nitrogen and oxygen atoms in total. The first kappa shape index (κ1) is 18.5. The van der Waals surface area contributed by atoms with E-state index in [1.165, 1.54) is 19.3 Å². The van der Waals surface area contributed by atoms with Crippen LogP contribution in [-0.2, 0) is 7.05 Å². The van der Waals surface area contributed by atoms with E-state index >= 15 is 0 Å². The number of para-hydroxylation sites is 1. The molecule has 1 aliphatic heterocycles. The fourth-order valence-corrected chi connectivity index (χ4v) is 3.76. The maximum Gasteiger partial charge on any atom is 0.270 e. The molecule has 146 valence electrons. The predicted octanol–water partition coefficient (Wildman–Crippen LogP) is 3.09. The van der Waals surface area contributed by atoms with Crippen LogP contribution in [0.1, 0.15) is 29.8 Å². The molecule has 2 aromatic heterocycles. The van der Waals surface area contributed by atoms with E-state index in [9.17, 15) is 4.79 Å². The molecule has 28 heavy (non-hydrogen) atoms. The van der Waals surface area contributed by atoms with Gasteiger partial charge in [0.05, 0.1) is 11.4 Å². The SMILES string of the molecule is Cn1cccc1-c1cc(C(=O)NCCN2CCCCC2)n(-c2ccccc2)n1. The summed E-state index contributed by atoms with van der Waals surface area (Å²) in [5.74, 6) is -0.0891. The van der Waals surface area contributed by atoms with Gasteiger partial charge in [0, 0.05) is 26.3 Å². The molecule has 0 bridgehead atoms. The maximum atomic E-state index is 13.0. The quantitative estimate of drug-likeness (QED) is 0.718. The summed E-state index contributed by atoms with van der Waals surface area (Å²) >= 11 is 0. The number of hydrogen-bond donors (Lipinski definition) is 1. The van der Waals surface area contributed by atoms with E-state index in [1.54, 1.807) is 4.68 Å². The van der Waals surface area contributed by atoms with E-state index < -0.39 is 0 Å². The number of carbonyl (C=O) groups is 1. The van der Waals surface area contributed by atoms with Crippen molar-refractivity contribution in [2.45, 2.75) is 19.3 Å². The number of amides is 1. The monoisotopic (exact) mass is 377 g/mol. The molecule has 1 fully saturated rings. The van der Waals surface area contributed by atoms with Crippen LogP contribution in [0.2, 0.25) is 0 Å². The van der Waals surface area contributed by atoms with Crippen molar-refractivity contribution in [1.29, 1.82) is 0 Å². The molecule has 3 heterocycles. The lowest BCUT2D eigenvalue weighted by molar-refractivity contribution is 0.0939. The van der Waals surface area contributed by atoms with Crippen LogP contribution in [0.15, 0.2) is 54.7 Å². The summed E-state index contributed by atoms with van der Waals surface area (Å²) in [5, 5.41) is 7.81. The Morgan fingerprint density at radius 1 is 1.07 bits per heavy atom. The first-order valence-corrected chi connectivity index (χ1v) is 10.00. The lowest BCUT2D eigenvalue weighted by atomic mass is 10.1. The number of likely N-dealkylation sites (tertiary alicyclic amines) is 1. The Balaban J connectivity index is 1.55. The Kier molecular flexibility index (Phi) is 5.58. The van der Waals surface area contributed by atoms with Crippen molar-refractivity contribution in [3.05, 3.63) is 60.4 Å². The smallest absolute Gasteiger partial charge is 0.270 e. The summed E-state index contributed by atoms with van der Waals surface area (Å²) in [6, 6.07) is 15.7. The number of nitrogens with zero attached hydrogens (tertiary/aromatic N) is 4. The first-order chi connectivity index (χ1) is 13.7. The van der Waals surface area contributed by atoms with Gasteiger partial charge in [0.25, 0.3) is 5.91 Å². The minimum Gasteiger partial charge on any atom is -0.349 e. The van der Waals surface area contributed by atoms with Crippen LogP contribution in [0.5, 0.6) is 0 Å². The van der Waals surface area contributed by atoms with Gasteiger partial charge in [-0.2, -0.15) is 5.10 Å². The second-order valence-electron chi connectivity index (χ2n) is 7.32. The first-order valence-electron chi connectivity index (χ1n) is 10.00. The molecule has 1 aromatic carbocycles. The van der Waals surface area contributed by atoms with Crippen LogP contribution >= 0.6 is 0 Å². The molecule has 0 unspecified atom stereocenters. The van der Waals surface area contributed by atoms with Crippen molar-refractivity contribution >= 4 is 5.91 Å². The van der Waals surface area contributed by atoms with Crippen molar-refractivity contribution in [2.24, 2.45) is 7.05 Å². The van der Waals surface area contributed by atoms with Crippen LogP contribution < -0.4 is 5.32 Å². The molecule has 0 spiro atoms. The molecule has 1 saturated heterocycles. The van der Waals surface area contributed by atoms with Crippen molar-refractivity contribution in [1.82, 2.24) is 24.6 Å². The summed E-state index contributed by atoms with van der Waals surface area (Å²) < 4.78 is 3.74. The van der Waals surface area contributed by atoms with Crippen LogP contribution in [0.25, 0.3) is 17.1 Å². The van der Waals surface area contributed by atoms with Gasteiger partial charge in [-0.1, -0.05) is 24.6 Å². The van der Waals surface area contributed by atoms with Gasteiger partial charge >= 0.3 is 0 Å². The number of aromatic nitrogens is 3. The zero-order valence-corrected chi connectivity index (χ0v) is 16.3. The normalized spacial score (nSPS) is 14.9. The number of hydrogen-bond acceptors (Lipinski definition) is 3. The van der Waals surface area contributed by atoms with E-state index in [4.69, 9.17) is 5.10 Å². The predicted molar refractivity (Wildman–Crippen MR) is 111 cm³/mol. The fourth-order valence-electron chi connectivity index (χ4n) is 3.76. The summed E-state index contributed by atoms with van der Waals surface area (Å²) in [6.07, 6.45) is 5.82. The number of rotatable bonds is 6. The van der Waals surface area contributed by atoms with Gasteiger partial charge in [-0.3, -0.25) is 4.79 Å². The molecule has 0 atom stereocenters. The maximum absolute atomic E-state index is 13.0. The van der Waals surface area contributed by atoms with Gasteiger partial charge in [0.1, 0.15) is 11.4 Å². The minimum atomic E-state index is -0.0891. The molecular weight excluding hydrogens is 350 g/mol. The Hall–Kier alpha value is -2.86. The topological polar surface area (TPSA) is 55.1 Å². The summed E-state index contributed by atoms with van der Waals surface area (Å²) in [7, 11) is 1.98. The van der Waals surface area contributed by atoms with Gasteiger partial charge in [-0.25, -0.2) is 4.68 Å². The highest BCUT2D eigenvalue weighted by molar-refractivity contribution is 5.94. The van der Waals surface area contributed by atoms with E-state index in [0.717, 1.165) is 36.7 Å². The summed E-state index contributed by atoms with van der Waals surface area (Å²) in [5.41, 5.74) is 3.21. The van der Waals surface area contributed by atoms with Crippen LogP contribution in [-0.4, -0.2) is 51.3 Å². The average Bonchev–Trinajstić information content (AvgIpc) is 3.35. The zero-order chi connectivity index (χ0) is 19.3. The van der Waals surface area contributed by atoms with Crippen LogP contribution in [0, 0.1) is 0 Å². The molecule has 0 saturated carbocycles. The number of carbonyl (C=O) groups excluding carboxylic acids is 1. The molecule has 1 amide bonds. The molecular formula is C22H27N5O. The van der Waals surface area contributed by atoms with Crippen molar-refractivity contribution in [3.63, 3.8) is 0 Å². The lowest BCUT2D eigenvalue weighted by Gasteiger charge is -2.26. The molecule has 0 aliphatic carbocycles. The Morgan fingerprint density at radius 3 is 2.57 bits per heavy atom. The molecule has 6 heteroatoms. The van der Waals surface area contributed by atoms with E-state index in [-0.39, 0.29) is 5.91 Å². The average molecular weight is 377 g/mol. The third kappa shape index (κ3) is 4.02. The fraction of sp³-hybridized carbons (Fsp3) is 0.364. The second-order valence-corrected chi connectivity index (χ2v) is 7.32. The molecule has 4 rings (SSSR count). The zero-order valence-electron chi connectivity index (χ0n) is 16.3. The van der Waals surface area contributed by atoms with E-state index in [1.807, 2.05) is 66.3 Å². The van der Waals surface area contributed by atoms with Gasteiger partial charge < -0.3 is 14.8 Å². The highest BCUT2D eigenvalue weighted by atomic mass is 16.2. The minimum absolute atomic E-state index is 0.0891. The number of nitrogens with one attached hydrogen (secondary N) is 1. The van der Waals surface area contributed by atoms with Crippen molar-refractivity contribution in [2.75, 3.05) is 26.2 Å². The summed E-state index contributed by atoms with van der Waals surface area (Å²) in [6.45, 7) is 3.82. The van der Waals surface area contributed by atoms with E-state index in [2.05, 4.69) is 10.2 Å². The Morgan fingerprint density at radius 2 is 1.86 bits per heavy atom. The number of aryl methyl sites for hydroxylation is 1. The van der Waals surface area contributed by atoms with E-state index in [0.29, 0.717) is 12.2 Å². The van der Waals surface area contributed by atoms with Gasteiger partial charge in [0.15, 0.2) is 0 Å². The van der Waals surface area contributed by atoms with Crippen LogP contribution in [0.3, 0.4) is 0 Å². The second kappa shape index (κ2) is 8.44. The molecule has 1 aliphatic rings. The van der Waals surface area contributed by atoms with Crippen molar-refractivity contribution in [3.8, 4) is 17.1 Å². The summed E-state index contributed by atoms with van der Waals surface area (Å²) in [4.78, 5) is 15.4. The van der Waals surface area contributed by atoms with Gasteiger partial charge in [-0.15, -0.1) is 0 Å². The molecule has 3 aromatic rings. The third-order valence-electron chi connectivity index (χ3n) is 5.31. The number of piperidine rings is 1. The van der Waals surface area contributed by atoms with Gasteiger partial charge in [-0.05, 0) is 56.3 Å². The van der Waals surface area contributed by atoms with Crippen molar-refractivity contribution < 1.29 is 4.79 Å². The van der Waals surface area contributed by atoms with Gasteiger partial charge in [0.2, 0.25) is 0 Å². The number of benzene rings is 1. The Labute approximate surface area is 165 Å². The highest BCUT2D eigenvalue weighted by Gasteiger charge is 2.19.